The first-order chi connectivity index (χ1) is 12.7. The summed E-state index contributed by atoms with van der Waals surface area (Å²) in [4.78, 5) is 0. The van der Waals surface area contributed by atoms with Crippen molar-refractivity contribution in [2.45, 2.75) is 33.1 Å². The fourth-order valence-electron chi connectivity index (χ4n) is 3.16. The number of allylic oxidation sites excluding steroid dienone is 2. The molecule has 0 nitrogen and oxygen atoms in total. The summed E-state index contributed by atoms with van der Waals surface area (Å²) in [5.74, 6) is -0.179. The molecule has 0 amide bonds. The standard InChI is InChI=1S/C25H25F/c1-3-5-7-20-10-14-22(15-11-20)24-17-16-23(18-25(24)26)21-12-8-19(6-4-2)9-13-21/h3,5,8-18H,4,6-7H2,1-2H3/b5-3+. The molecule has 3 rings (SSSR count). The van der Waals surface area contributed by atoms with Crippen molar-refractivity contribution in [1.29, 1.82) is 0 Å². The summed E-state index contributed by atoms with van der Waals surface area (Å²) in [6.45, 7) is 4.19. The van der Waals surface area contributed by atoms with Gasteiger partial charge in [0.2, 0.25) is 0 Å². The quantitative estimate of drug-likeness (QED) is 0.414. The molecule has 0 N–H and O–H groups in total. The lowest BCUT2D eigenvalue weighted by molar-refractivity contribution is 0.632. The van der Waals surface area contributed by atoms with Gasteiger partial charge in [-0.05, 0) is 53.6 Å². The van der Waals surface area contributed by atoms with Gasteiger partial charge >= 0.3 is 0 Å². The van der Waals surface area contributed by atoms with Crippen molar-refractivity contribution in [3.63, 3.8) is 0 Å². The Balaban J connectivity index is 1.83. The summed E-state index contributed by atoms with van der Waals surface area (Å²) in [7, 11) is 0. The van der Waals surface area contributed by atoms with Gasteiger partial charge in [0.25, 0.3) is 0 Å². The monoisotopic (exact) mass is 344 g/mol. The van der Waals surface area contributed by atoms with Gasteiger partial charge in [-0.25, -0.2) is 4.39 Å². The maximum atomic E-state index is 14.7. The van der Waals surface area contributed by atoms with Crippen molar-refractivity contribution in [1.82, 2.24) is 0 Å². The highest BCUT2D eigenvalue weighted by Gasteiger charge is 2.08. The first-order valence-electron chi connectivity index (χ1n) is 9.30. The zero-order chi connectivity index (χ0) is 18.4. The SMILES string of the molecule is C/C=C/Cc1ccc(-c2ccc(-c3ccc(CCC)cc3)cc2F)cc1. The van der Waals surface area contributed by atoms with Gasteiger partial charge in [-0.15, -0.1) is 0 Å². The van der Waals surface area contributed by atoms with Crippen LogP contribution in [0.3, 0.4) is 0 Å². The number of halogens is 1. The van der Waals surface area contributed by atoms with E-state index in [-0.39, 0.29) is 5.82 Å². The summed E-state index contributed by atoms with van der Waals surface area (Å²) in [6.07, 6.45) is 7.29. The van der Waals surface area contributed by atoms with Crippen LogP contribution in [0.25, 0.3) is 22.3 Å². The van der Waals surface area contributed by atoms with Crippen molar-refractivity contribution in [2.24, 2.45) is 0 Å². The summed E-state index contributed by atoms with van der Waals surface area (Å²) >= 11 is 0. The highest BCUT2D eigenvalue weighted by molar-refractivity contribution is 5.71. The molecular formula is C25H25F. The molecule has 0 aliphatic carbocycles. The molecule has 0 aliphatic rings. The minimum absolute atomic E-state index is 0.179. The van der Waals surface area contributed by atoms with Crippen LogP contribution in [-0.4, -0.2) is 0 Å². The number of hydrogen-bond acceptors (Lipinski definition) is 0. The van der Waals surface area contributed by atoms with E-state index >= 15 is 0 Å². The van der Waals surface area contributed by atoms with Crippen LogP contribution < -0.4 is 0 Å². The van der Waals surface area contributed by atoms with Gasteiger partial charge in [0.05, 0.1) is 0 Å². The Morgan fingerprint density at radius 3 is 2.00 bits per heavy atom. The summed E-state index contributed by atoms with van der Waals surface area (Å²) in [5.41, 5.74) is 6.09. The van der Waals surface area contributed by atoms with E-state index in [0.29, 0.717) is 5.56 Å². The van der Waals surface area contributed by atoms with Crippen molar-refractivity contribution in [2.75, 3.05) is 0 Å². The van der Waals surface area contributed by atoms with Crippen LogP contribution in [-0.2, 0) is 12.8 Å². The molecule has 132 valence electrons. The first-order valence-corrected chi connectivity index (χ1v) is 9.30. The van der Waals surface area contributed by atoms with Crippen LogP contribution in [0.5, 0.6) is 0 Å². The third-order valence-electron chi connectivity index (χ3n) is 4.65. The molecule has 0 radical (unpaired) electrons. The van der Waals surface area contributed by atoms with Gasteiger partial charge in [-0.2, -0.15) is 0 Å². The average Bonchev–Trinajstić information content (AvgIpc) is 2.68. The Morgan fingerprint density at radius 1 is 0.769 bits per heavy atom. The van der Waals surface area contributed by atoms with E-state index in [9.17, 15) is 4.39 Å². The van der Waals surface area contributed by atoms with Gasteiger partial charge in [-0.1, -0.05) is 86.2 Å². The molecule has 0 atom stereocenters. The predicted octanol–water partition coefficient (Wildman–Crippen LogP) is 7.23. The van der Waals surface area contributed by atoms with Crippen LogP contribution in [0.4, 0.5) is 4.39 Å². The second kappa shape index (κ2) is 8.62. The van der Waals surface area contributed by atoms with Gasteiger partial charge < -0.3 is 0 Å². The number of benzene rings is 3. The van der Waals surface area contributed by atoms with Gasteiger partial charge in [-0.3, -0.25) is 0 Å². The molecule has 0 saturated carbocycles. The van der Waals surface area contributed by atoms with Crippen LogP contribution in [0.15, 0.2) is 78.9 Å². The number of rotatable bonds is 6. The van der Waals surface area contributed by atoms with E-state index in [1.165, 1.54) is 11.1 Å². The minimum Gasteiger partial charge on any atom is -0.206 e. The van der Waals surface area contributed by atoms with Crippen LogP contribution in [0.1, 0.15) is 31.4 Å². The third-order valence-corrected chi connectivity index (χ3v) is 4.65. The van der Waals surface area contributed by atoms with E-state index in [1.807, 2.05) is 37.3 Å². The molecule has 0 aliphatic heterocycles. The Labute approximate surface area is 156 Å². The van der Waals surface area contributed by atoms with Crippen molar-refractivity contribution in [3.8, 4) is 22.3 Å². The van der Waals surface area contributed by atoms with E-state index in [0.717, 1.165) is 36.0 Å². The zero-order valence-electron chi connectivity index (χ0n) is 15.5. The molecule has 0 heterocycles. The van der Waals surface area contributed by atoms with E-state index in [4.69, 9.17) is 0 Å². The number of hydrogen-bond donors (Lipinski definition) is 0. The summed E-state index contributed by atoms with van der Waals surface area (Å²) in [5, 5.41) is 0. The first kappa shape index (κ1) is 18.1. The molecule has 3 aromatic rings. The lowest BCUT2D eigenvalue weighted by atomic mass is 9.97. The Hall–Kier alpha value is -2.67. The van der Waals surface area contributed by atoms with Gasteiger partial charge in [0, 0.05) is 5.56 Å². The zero-order valence-corrected chi connectivity index (χ0v) is 15.5. The smallest absolute Gasteiger partial charge is 0.131 e. The second-order valence-corrected chi connectivity index (χ2v) is 6.61. The molecule has 3 aromatic carbocycles. The maximum Gasteiger partial charge on any atom is 0.131 e. The molecular weight excluding hydrogens is 319 g/mol. The molecule has 0 unspecified atom stereocenters. The molecule has 0 fully saturated rings. The van der Waals surface area contributed by atoms with Gasteiger partial charge in [0.15, 0.2) is 0 Å². The van der Waals surface area contributed by atoms with E-state index in [2.05, 4.69) is 49.4 Å². The van der Waals surface area contributed by atoms with E-state index < -0.39 is 0 Å². The van der Waals surface area contributed by atoms with Crippen molar-refractivity contribution >= 4 is 0 Å². The minimum atomic E-state index is -0.179. The Morgan fingerprint density at radius 2 is 1.38 bits per heavy atom. The highest BCUT2D eigenvalue weighted by atomic mass is 19.1. The third kappa shape index (κ3) is 4.29. The average molecular weight is 344 g/mol. The van der Waals surface area contributed by atoms with Crippen molar-refractivity contribution < 1.29 is 4.39 Å². The molecule has 0 spiro atoms. The predicted molar refractivity (Wildman–Crippen MR) is 110 cm³/mol. The lowest BCUT2D eigenvalue weighted by Gasteiger charge is -2.08. The normalized spacial score (nSPS) is 11.2. The Bertz CT molecular complexity index is 871. The highest BCUT2D eigenvalue weighted by Crippen LogP contribution is 2.28. The maximum absolute atomic E-state index is 14.7. The molecule has 1 heteroatoms. The van der Waals surface area contributed by atoms with Crippen LogP contribution in [0, 0.1) is 5.82 Å². The summed E-state index contributed by atoms with van der Waals surface area (Å²) < 4.78 is 14.7. The van der Waals surface area contributed by atoms with Crippen LogP contribution >= 0.6 is 0 Å². The van der Waals surface area contributed by atoms with Crippen LogP contribution in [0.2, 0.25) is 0 Å². The molecule has 0 aromatic heterocycles. The fraction of sp³-hybridized carbons (Fsp3) is 0.200. The van der Waals surface area contributed by atoms with Gasteiger partial charge in [0.1, 0.15) is 5.82 Å². The largest absolute Gasteiger partial charge is 0.206 e. The Kier molecular flexibility index (Phi) is 6.01. The molecule has 26 heavy (non-hydrogen) atoms. The molecule has 0 bridgehead atoms. The molecule has 0 saturated heterocycles. The second-order valence-electron chi connectivity index (χ2n) is 6.61. The lowest BCUT2D eigenvalue weighted by Crippen LogP contribution is -1.89. The number of aryl methyl sites for hydroxylation is 1. The summed E-state index contributed by atoms with van der Waals surface area (Å²) in [6, 6.07) is 22.1. The van der Waals surface area contributed by atoms with E-state index in [1.54, 1.807) is 6.07 Å². The fourth-order valence-corrected chi connectivity index (χ4v) is 3.16. The van der Waals surface area contributed by atoms with Crippen molar-refractivity contribution in [3.05, 3.63) is 95.8 Å². The topological polar surface area (TPSA) is 0 Å².